The number of para-hydroxylation sites is 1. The fourth-order valence-corrected chi connectivity index (χ4v) is 3.23. The third-order valence-electron chi connectivity index (χ3n) is 4.23. The Hall–Kier alpha value is -2.53. The molecule has 2 N–H and O–H groups in total. The van der Waals surface area contributed by atoms with Crippen molar-refractivity contribution in [3.8, 4) is 11.3 Å². The molecule has 2 aromatic carbocycles. The summed E-state index contributed by atoms with van der Waals surface area (Å²) in [5.41, 5.74) is 9.55. The molecule has 4 rings (SSSR count). The zero-order valence-electron chi connectivity index (χ0n) is 12.8. The van der Waals surface area contributed by atoms with E-state index in [0.717, 1.165) is 22.1 Å². The molecule has 24 heavy (non-hydrogen) atoms. The highest BCUT2D eigenvalue weighted by molar-refractivity contribution is 9.10. The highest BCUT2D eigenvalue weighted by atomic mass is 79.9. The highest BCUT2D eigenvalue weighted by Crippen LogP contribution is 2.31. The van der Waals surface area contributed by atoms with Gasteiger partial charge >= 0.3 is 0 Å². The van der Waals surface area contributed by atoms with Gasteiger partial charge in [0.05, 0.1) is 0 Å². The molecule has 0 atom stereocenters. The van der Waals surface area contributed by atoms with Gasteiger partial charge in [-0.3, -0.25) is 4.79 Å². The van der Waals surface area contributed by atoms with Gasteiger partial charge in [-0.2, -0.15) is 0 Å². The van der Waals surface area contributed by atoms with Crippen LogP contribution in [0.4, 0.5) is 11.4 Å². The second kappa shape index (κ2) is 5.83. The minimum Gasteiger partial charge on any atom is -0.451 e. The number of nitrogen functional groups attached to an aromatic ring is 1. The smallest absolute Gasteiger partial charge is 0.294 e. The van der Waals surface area contributed by atoms with Gasteiger partial charge in [-0.25, -0.2) is 0 Å². The lowest BCUT2D eigenvalue weighted by atomic mass is 10.1. The maximum atomic E-state index is 12.8. The lowest BCUT2D eigenvalue weighted by molar-refractivity contribution is 0.0963. The molecule has 1 aliphatic heterocycles. The molecule has 0 saturated carbocycles. The molecule has 0 unspecified atom stereocenters. The molecule has 1 aromatic heterocycles. The first kappa shape index (κ1) is 15.0. The molecule has 0 bridgehead atoms. The molecule has 0 radical (unpaired) electrons. The summed E-state index contributed by atoms with van der Waals surface area (Å²) < 4.78 is 6.63. The number of anilines is 2. The molecular formula is C19H15BrN2O2. The molecule has 2 heterocycles. The van der Waals surface area contributed by atoms with Crippen LogP contribution in [0, 0.1) is 0 Å². The van der Waals surface area contributed by atoms with Crippen molar-refractivity contribution in [2.75, 3.05) is 17.2 Å². The first-order valence-corrected chi connectivity index (χ1v) is 8.48. The lowest BCUT2D eigenvalue weighted by Gasteiger charge is -2.15. The molecule has 1 aliphatic rings. The second-order valence-electron chi connectivity index (χ2n) is 5.74. The Labute approximate surface area is 148 Å². The van der Waals surface area contributed by atoms with Gasteiger partial charge in [-0.1, -0.05) is 18.2 Å². The van der Waals surface area contributed by atoms with Gasteiger partial charge in [0, 0.05) is 28.0 Å². The Bertz CT molecular complexity index is 933. The summed E-state index contributed by atoms with van der Waals surface area (Å²) in [5.74, 6) is 0.851. The summed E-state index contributed by atoms with van der Waals surface area (Å²) >= 11 is 3.37. The van der Waals surface area contributed by atoms with Crippen LogP contribution in [0.1, 0.15) is 16.1 Å². The summed E-state index contributed by atoms with van der Waals surface area (Å²) in [6.07, 6.45) is 0.874. The van der Waals surface area contributed by atoms with E-state index in [-0.39, 0.29) is 5.91 Å². The van der Waals surface area contributed by atoms with E-state index in [4.69, 9.17) is 10.2 Å². The van der Waals surface area contributed by atoms with Crippen LogP contribution in [0.15, 0.2) is 63.5 Å². The van der Waals surface area contributed by atoms with Crippen LogP contribution < -0.4 is 10.6 Å². The fourth-order valence-electron chi connectivity index (χ4n) is 2.99. The summed E-state index contributed by atoms with van der Waals surface area (Å²) in [4.78, 5) is 14.5. The zero-order valence-corrected chi connectivity index (χ0v) is 14.4. The van der Waals surface area contributed by atoms with E-state index in [1.54, 1.807) is 17.0 Å². The maximum Gasteiger partial charge on any atom is 0.294 e. The van der Waals surface area contributed by atoms with Gasteiger partial charge in [-0.05, 0) is 64.3 Å². The third-order valence-corrected chi connectivity index (χ3v) is 4.95. The van der Waals surface area contributed by atoms with E-state index < -0.39 is 0 Å². The van der Waals surface area contributed by atoms with Crippen molar-refractivity contribution >= 4 is 33.2 Å². The SMILES string of the molecule is Nc1cc(-c2ccc(C(=O)N3CCc4ccccc43)o2)ccc1Br. The molecule has 0 saturated heterocycles. The number of carbonyl (C=O) groups is 1. The Morgan fingerprint density at radius 2 is 1.96 bits per heavy atom. The predicted molar refractivity (Wildman–Crippen MR) is 98.1 cm³/mol. The maximum absolute atomic E-state index is 12.8. The summed E-state index contributed by atoms with van der Waals surface area (Å²) in [5, 5.41) is 0. The van der Waals surface area contributed by atoms with Crippen LogP contribution in [0.25, 0.3) is 11.3 Å². The molecule has 1 amide bonds. The highest BCUT2D eigenvalue weighted by Gasteiger charge is 2.27. The van der Waals surface area contributed by atoms with Crippen molar-refractivity contribution < 1.29 is 9.21 Å². The molecule has 0 aliphatic carbocycles. The van der Waals surface area contributed by atoms with Gasteiger partial charge < -0.3 is 15.1 Å². The van der Waals surface area contributed by atoms with Gasteiger partial charge in [0.1, 0.15) is 5.76 Å². The van der Waals surface area contributed by atoms with E-state index >= 15 is 0 Å². The molecule has 5 heteroatoms. The number of amides is 1. The van der Waals surface area contributed by atoms with Crippen LogP contribution in [0.3, 0.4) is 0 Å². The minimum atomic E-state index is -0.115. The first-order valence-electron chi connectivity index (χ1n) is 7.68. The van der Waals surface area contributed by atoms with Crippen molar-refractivity contribution in [3.63, 3.8) is 0 Å². The van der Waals surface area contributed by atoms with Crippen LogP contribution in [0.2, 0.25) is 0 Å². The fraction of sp³-hybridized carbons (Fsp3) is 0.105. The number of rotatable bonds is 2. The molecule has 4 nitrogen and oxygen atoms in total. The quantitative estimate of drug-likeness (QED) is 0.664. The predicted octanol–water partition coefficient (Wildman–Crippen LogP) is 4.49. The average Bonchev–Trinajstić information content (AvgIpc) is 3.24. The second-order valence-corrected chi connectivity index (χ2v) is 6.59. The third kappa shape index (κ3) is 2.51. The van der Waals surface area contributed by atoms with E-state index in [1.807, 2.05) is 36.4 Å². The number of halogens is 1. The topological polar surface area (TPSA) is 59.5 Å². The number of nitrogens with two attached hydrogens (primary N) is 1. The van der Waals surface area contributed by atoms with Crippen LogP contribution >= 0.6 is 15.9 Å². The summed E-state index contributed by atoms with van der Waals surface area (Å²) in [6, 6.07) is 17.1. The molecular weight excluding hydrogens is 368 g/mol. The van der Waals surface area contributed by atoms with Crippen molar-refractivity contribution in [3.05, 3.63) is 70.4 Å². The number of furan rings is 1. The van der Waals surface area contributed by atoms with Crippen molar-refractivity contribution in [2.45, 2.75) is 6.42 Å². The number of hydrogen-bond acceptors (Lipinski definition) is 3. The van der Waals surface area contributed by atoms with Crippen molar-refractivity contribution in [2.24, 2.45) is 0 Å². The number of benzene rings is 2. The van der Waals surface area contributed by atoms with Gasteiger partial charge in [0.15, 0.2) is 5.76 Å². The Morgan fingerprint density at radius 3 is 2.79 bits per heavy atom. The van der Waals surface area contributed by atoms with E-state index in [2.05, 4.69) is 22.0 Å². The molecule has 120 valence electrons. The summed E-state index contributed by atoms with van der Waals surface area (Å²) in [7, 11) is 0. The number of carbonyl (C=O) groups excluding carboxylic acids is 1. The summed E-state index contributed by atoms with van der Waals surface area (Å²) in [6.45, 7) is 0.680. The Kier molecular flexibility index (Phi) is 3.65. The standard InChI is InChI=1S/C19H15BrN2O2/c20-14-6-5-13(11-15(14)21)17-7-8-18(24-17)19(23)22-10-9-12-3-1-2-4-16(12)22/h1-8,11H,9-10,21H2. The Balaban J connectivity index is 1.63. The van der Waals surface area contributed by atoms with Gasteiger partial charge in [0.2, 0.25) is 0 Å². The Morgan fingerprint density at radius 1 is 1.12 bits per heavy atom. The van der Waals surface area contributed by atoms with Gasteiger partial charge in [0.25, 0.3) is 5.91 Å². The van der Waals surface area contributed by atoms with Crippen LogP contribution in [0.5, 0.6) is 0 Å². The van der Waals surface area contributed by atoms with Gasteiger partial charge in [-0.15, -0.1) is 0 Å². The van der Waals surface area contributed by atoms with Crippen LogP contribution in [-0.4, -0.2) is 12.5 Å². The van der Waals surface area contributed by atoms with E-state index in [9.17, 15) is 4.79 Å². The minimum absolute atomic E-state index is 0.115. The average molecular weight is 383 g/mol. The zero-order chi connectivity index (χ0) is 16.7. The van der Waals surface area contributed by atoms with Crippen LogP contribution in [-0.2, 0) is 6.42 Å². The monoisotopic (exact) mass is 382 g/mol. The van der Waals surface area contributed by atoms with E-state index in [1.165, 1.54) is 5.56 Å². The number of hydrogen-bond donors (Lipinski definition) is 1. The first-order chi connectivity index (χ1) is 11.6. The molecule has 0 spiro atoms. The largest absolute Gasteiger partial charge is 0.451 e. The number of fused-ring (bicyclic) bond motifs is 1. The van der Waals surface area contributed by atoms with Crippen molar-refractivity contribution in [1.82, 2.24) is 0 Å². The molecule has 3 aromatic rings. The number of nitrogens with zero attached hydrogens (tertiary/aromatic N) is 1. The normalized spacial score (nSPS) is 13.1. The van der Waals surface area contributed by atoms with E-state index in [0.29, 0.717) is 23.8 Å². The molecule has 0 fully saturated rings. The van der Waals surface area contributed by atoms with Crippen molar-refractivity contribution in [1.29, 1.82) is 0 Å². The lowest BCUT2D eigenvalue weighted by Crippen LogP contribution is -2.28.